The SMILES string of the molecule is Cc1ccc(-n2ncc3c(=O)[nH]c(SC(C)c4ccccc4)nc32)cc1C. The van der Waals surface area contributed by atoms with Crippen LogP contribution >= 0.6 is 11.8 Å². The summed E-state index contributed by atoms with van der Waals surface area (Å²) in [4.78, 5) is 20.1. The van der Waals surface area contributed by atoms with Gasteiger partial charge >= 0.3 is 0 Å². The van der Waals surface area contributed by atoms with Crippen LogP contribution in [0.4, 0.5) is 0 Å². The second kappa shape index (κ2) is 7.04. The van der Waals surface area contributed by atoms with E-state index in [1.807, 2.05) is 24.3 Å². The van der Waals surface area contributed by atoms with Gasteiger partial charge in [0.25, 0.3) is 5.56 Å². The van der Waals surface area contributed by atoms with Crippen molar-refractivity contribution in [1.29, 1.82) is 0 Å². The van der Waals surface area contributed by atoms with Crippen molar-refractivity contribution >= 4 is 22.8 Å². The highest BCUT2D eigenvalue weighted by Crippen LogP contribution is 2.32. The van der Waals surface area contributed by atoms with Gasteiger partial charge < -0.3 is 4.98 Å². The molecule has 2 heterocycles. The predicted octanol–water partition coefficient (Wildman–Crippen LogP) is 4.58. The second-order valence-electron chi connectivity index (χ2n) is 6.60. The van der Waals surface area contributed by atoms with Crippen LogP contribution in [0.15, 0.2) is 64.7 Å². The number of benzene rings is 2. The number of aryl methyl sites for hydroxylation is 2. The Kier molecular flexibility index (Phi) is 4.58. The van der Waals surface area contributed by atoms with E-state index in [4.69, 9.17) is 4.98 Å². The fraction of sp³-hybridized carbons (Fsp3) is 0.190. The second-order valence-corrected chi connectivity index (χ2v) is 7.93. The van der Waals surface area contributed by atoms with E-state index in [-0.39, 0.29) is 10.8 Å². The molecule has 136 valence electrons. The van der Waals surface area contributed by atoms with Crippen LogP contribution in [0.1, 0.15) is 28.9 Å². The lowest BCUT2D eigenvalue weighted by Crippen LogP contribution is -2.10. The summed E-state index contributed by atoms with van der Waals surface area (Å²) in [7, 11) is 0. The first kappa shape index (κ1) is 17.5. The number of rotatable bonds is 4. The quantitative estimate of drug-likeness (QED) is 0.418. The van der Waals surface area contributed by atoms with Crippen molar-refractivity contribution < 1.29 is 0 Å². The van der Waals surface area contributed by atoms with Crippen molar-refractivity contribution in [1.82, 2.24) is 19.7 Å². The Balaban J connectivity index is 1.76. The van der Waals surface area contributed by atoms with Crippen LogP contribution in [-0.4, -0.2) is 19.7 Å². The summed E-state index contributed by atoms with van der Waals surface area (Å²) in [6.07, 6.45) is 1.57. The first-order valence-electron chi connectivity index (χ1n) is 8.80. The number of H-pyrrole nitrogens is 1. The molecule has 0 spiro atoms. The van der Waals surface area contributed by atoms with E-state index in [2.05, 4.69) is 55.1 Å². The highest BCUT2D eigenvalue weighted by molar-refractivity contribution is 7.99. The predicted molar refractivity (Wildman–Crippen MR) is 110 cm³/mol. The molecule has 27 heavy (non-hydrogen) atoms. The summed E-state index contributed by atoms with van der Waals surface area (Å²) in [5.74, 6) is 0. The fourth-order valence-corrected chi connectivity index (χ4v) is 3.88. The maximum Gasteiger partial charge on any atom is 0.262 e. The molecule has 2 aromatic carbocycles. The van der Waals surface area contributed by atoms with Crippen molar-refractivity contribution in [2.75, 3.05) is 0 Å². The molecule has 0 aliphatic rings. The van der Waals surface area contributed by atoms with Gasteiger partial charge in [0.1, 0.15) is 5.39 Å². The standard InChI is InChI=1S/C21H20N4OS/c1-13-9-10-17(11-14(13)2)25-19-18(12-22-25)20(26)24-21(23-19)27-15(3)16-7-5-4-6-8-16/h4-12,15H,1-3H3,(H,23,24,26). The summed E-state index contributed by atoms with van der Waals surface area (Å²) < 4.78 is 1.73. The first-order valence-corrected chi connectivity index (χ1v) is 9.68. The van der Waals surface area contributed by atoms with E-state index in [1.54, 1.807) is 10.9 Å². The molecule has 0 saturated heterocycles. The van der Waals surface area contributed by atoms with E-state index >= 15 is 0 Å². The lowest BCUT2D eigenvalue weighted by molar-refractivity contribution is 0.869. The molecule has 6 heteroatoms. The van der Waals surface area contributed by atoms with Gasteiger partial charge in [-0.3, -0.25) is 4.79 Å². The van der Waals surface area contributed by atoms with Gasteiger partial charge in [-0.25, -0.2) is 9.67 Å². The van der Waals surface area contributed by atoms with Crippen molar-refractivity contribution in [3.63, 3.8) is 0 Å². The van der Waals surface area contributed by atoms with E-state index in [1.165, 1.54) is 28.5 Å². The van der Waals surface area contributed by atoms with Crippen molar-refractivity contribution in [2.24, 2.45) is 0 Å². The summed E-state index contributed by atoms with van der Waals surface area (Å²) in [6, 6.07) is 16.3. The molecule has 0 bridgehead atoms. The van der Waals surface area contributed by atoms with Gasteiger partial charge in [0.2, 0.25) is 0 Å². The van der Waals surface area contributed by atoms with Crippen molar-refractivity contribution in [2.45, 2.75) is 31.2 Å². The van der Waals surface area contributed by atoms with E-state index in [9.17, 15) is 4.79 Å². The highest BCUT2D eigenvalue weighted by Gasteiger charge is 2.15. The number of aromatic amines is 1. The first-order chi connectivity index (χ1) is 13.0. The third kappa shape index (κ3) is 3.40. The van der Waals surface area contributed by atoms with E-state index < -0.39 is 0 Å². The minimum atomic E-state index is -0.169. The van der Waals surface area contributed by atoms with Crippen LogP contribution in [0.2, 0.25) is 0 Å². The van der Waals surface area contributed by atoms with E-state index in [0.717, 1.165) is 5.69 Å². The Labute approximate surface area is 161 Å². The number of fused-ring (bicyclic) bond motifs is 1. The minimum Gasteiger partial charge on any atom is -0.301 e. The molecule has 0 aliphatic carbocycles. The maximum absolute atomic E-state index is 12.5. The number of nitrogens with one attached hydrogen (secondary N) is 1. The Bertz CT molecular complexity index is 1160. The average molecular weight is 376 g/mol. The van der Waals surface area contributed by atoms with Crippen LogP contribution in [0.25, 0.3) is 16.7 Å². The average Bonchev–Trinajstić information content (AvgIpc) is 3.09. The zero-order valence-corrected chi connectivity index (χ0v) is 16.2. The monoisotopic (exact) mass is 376 g/mol. The molecule has 1 atom stereocenters. The molecule has 5 nitrogen and oxygen atoms in total. The lowest BCUT2D eigenvalue weighted by Gasteiger charge is -2.11. The van der Waals surface area contributed by atoms with Crippen LogP contribution in [-0.2, 0) is 0 Å². The number of aromatic nitrogens is 4. The zero-order valence-electron chi connectivity index (χ0n) is 15.4. The largest absolute Gasteiger partial charge is 0.301 e. The molecular formula is C21H20N4OS. The van der Waals surface area contributed by atoms with Crippen LogP contribution in [0, 0.1) is 13.8 Å². The third-order valence-electron chi connectivity index (χ3n) is 4.71. The fourth-order valence-electron chi connectivity index (χ4n) is 2.96. The van der Waals surface area contributed by atoms with Crippen LogP contribution in [0.5, 0.6) is 0 Å². The van der Waals surface area contributed by atoms with Gasteiger partial charge in [-0.1, -0.05) is 48.2 Å². The lowest BCUT2D eigenvalue weighted by atomic mass is 10.1. The molecule has 2 aromatic heterocycles. The summed E-state index contributed by atoms with van der Waals surface area (Å²) in [6.45, 7) is 6.24. The van der Waals surface area contributed by atoms with Crippen molar-refractivity contribution in [3.05, 3.63) is 81.8 Å². The van der Waals surface area contributed by atoms with Gasteiger partial charge in [0.15, 0.2) is 10.8 Å². The smallest absolute Gasteiger partial charge is 0.262 e. The van der Waals surface area contributed by atoms with Gasteiger partial charge in [0.05, 0.1) is 11.9 Å². The number of hydrogen-bond donors (Lipinski definition) is 1. The van der Waals surface area contributed by atoms with Gasteiger partial charge in [-0.05, 0) is 49.6 Å². The summed E-state index contributed by atoms with van der Waals surface area (Å²) in [5.41, 5.74) is 4.89. The Morgan fingerprint density at radius 3 is 2.59 bits per heavy atom. The third-order valence-corrected chi connectivity index (χ3v) is 5.75. The van der Waals surface area contributed by atoms with Crippen LogP contribution in [0.3, 0.4) is 0 Å². The molecular weight excluding hydrogens is 356 g/mol. The molecule has 0 radical (unpaired) electrons. The number of hydrogen-bond acceptors (Lipinski definition) is 4. The molecule has 0 fully saturated rings. The minimum absolute atomic E-state index is 0.169. The molecule has 1 unspecified atom stereocenters. The molecule has 1 N–H and O–H groups in total. The number of nitrogens with zero attached hydrogens (tertiary/aromatic N) is 3. The maximum atomic E-state index is 12.5. The Hall–Kier alpha value is -2.86. The zero-order chi connectivity index (χ0) is 19.0. The summed E-state index contributed by atoms with van der Waals surface area (Å²) >= 11 is 1.53. The van der Waals surface area contributed by atoms with Crippen molar-refractivity contribution in [3.8, 4) is 5.69 Å². The Morgan fingerprint density at radius 1 is 1.07 bits per heavy atom. The molecule has 0 amide bonds. The normalized spacial score (nSPS) is 12.4. The summed E-state index contributed by atoms with van der Waals surface area (Å²) in [5, 5.41) is 5.65. The van der Waals surface area contributed by atoms with Gasteiger partial charge in [-0.2, -0.15) is 5.10 Å². The molecule has 0 saturated carbocycles. The molecule has 0 aliphatic heterocycles. The van der Waals surface area contributed by atoms with Gasteiger partial charge in [0, 0.05) is 5.25 Å². The van der Waals surface area contributed by atoms with Gasteiger partial charge in [-0.15, -0.1) is 0 Å². The molecule has 4 rings (SSSR count). The Morgan fingerprint density at radius 2 is 1.85 bits per heavy atom. The molecule has 4 aromatic rings. The highest BCUT2D eigenvalue weighted by atomic mass is 32.2. The van der Waals surface area contributed by atoms with Crippen LogP contribution < -0.4 is 5.56 Å². The topological polar surface area (TPSA) is 63.6 Å². The van der Waals surface area contributed by atoms with E-state index in [0.29, 0.717) is 16.2 Å². The number of thioether (sulfide) groups is 1.